The number of thiazole rings is 1. The summed E-state index contributed by atoms with van der Waals surface area (Å²) in [6.07, 6.45) is 0. The number of amides is 1. The summed E-state index contributed by atoms with van der Waals surface area (Å²) in [7, 11) is 0. The van der Waals surface area contributed by atoms with Crippen molar-refractivity contribution >= 4 is 33.8 Å². The summed E-state index contributed by atoms with van der Waals surface area (Å²) in [5.74, 6) is 0.109. The van der Waals surface area contributed by atoms with Crippen LogP contribution in [0.15, 0.2) is 41.2 Å². The summed E-state index contributed by atoms with van der Waals surface area (Å²) >= 11 is 1.49. The van der Waals surface area contributed by atoms with Crippen molar-refractivity contribution < 1.29 is 4.79 Å². The first-order valence-corrected chi connectivity index (χ1v) is 6.99. The number of aromatic nitrogens is 2. The van der Waals surface area contributed by atoms with E-state index < -0.39 is 0 Å². The van der Waals surface area contributed by atoms with Crippen LogP contribution >= 0.6 is 11.3 Å². The molecule has 1 amide bonds. The number of rotatable bonds is 3. The fourth-order valence-electron chi connectivity index (χ4n) is 1.93. The number of hydrogen-bond donors (Lipinski definition) is 2. The maximum Gasteiger partial charge on any atom is 0.270 e. The van der Waals surface area contributed by atoms with Gasteiger partial charge in [0.1, 0.15) is 11.5 Å². The molecule has 2 aromatic heterocycles. The Morgan fingerprint density at radius 3 is 3.00 bits per heavy atom. The van der Waals surface area contributed by atoms with E-state index in [-0.39, 0.29) is 5.91 Å². The molecule has 20 heavy (non-hydrogen) atoms. The zero-order valence-electron chi connectivity index (χ0n) is 10.5. The van der Waals surface area contributed by atoms with Gasteiger partial charge in [0.15, 0.2) is 0 Å². The van der Waals surface area contributed by atoms with Crippen molar-refractivity contribution in [2.24, 2.45) is 0 Å². The monoisotopic (exact) mass is 284 g/mol. The maximum absolute atomic E-state index is 12.1. The predicted molar refractivity (Wildman–Crippen MR) is 79.4 cm³/mol. The van der Waals surface area contributed by atoms with Crippen LogP contribution in [0.1, 0.15) is 16.2 Å². The summed E-state index contributed by atoms with van der Waals surface area (Å²) in [6, 6.07) is 9.32. The van der Waals surface area contributed by atoms with Gasteiger partial charge in [-0.2, -0.15) is 0 Å². The van der Waals surface area contributed by atoms with Crippen molar-refractivity contribution in [3.8, 4) is 0 Å². The molecule has 2 heterocycles. The average Bonchev–Trinajstić information content (AvgIpc) is 2.98. The second-order valence-electron chi connectivity index (χ2n) is 4.28. The highest BCUT2D eigenvalue weighted by Gasteiger charge is 2.10. The zero-order valence-corrected chi connectivity index (χ0v) is 11.4. The van der Waals surface area contributed by atoms with Crippen LogP contribution in [0.5, 0.6) is 0 Å². The molecule has 0 saturated heterocycles. The molecule has 0 spiro atoms. The number of hydrogen-bond acceptors (Lipinski definition) is 5. The molecule has 3 N–H and O–H groups in total. The standard InChI is InChI=1S/C14H12N4OS/c15-13-11-4-2-1-3-9(11)5-12(18-13)14(19)16-6-10-7-20-8-17-10/h1-5,7-8H,6H2,(H2,15,18)(H,16,19). The van der Waals surface area contributed by atoms with Crippen LogP contribution in [-0.4, -0.2) is 15.9 Å². The van der Waals surface area contributed by atoms with Crippen molar-refractivity contribution in [2.75, 3.05) is 5.73 Å². The van der Waals surface area contributed by atoms with E-state index in [0.717, 1.165) is 16.5 Å². The molecule has 0 aliphatic carbocycles. The molecule has 0 aliphatic heterocycles. The van der Waals surface area contributed by atoms with Crippen molar-refractivity contribution in [1.82, 2.24) is 15.3 Å². The molecule has 0 aliphatic rings. The normalized spacial score (nSPS) is 10.6. The van der Waals surface area contributed by atoms with Gasteiger partial charge in [0, 0.05) is 10.8 Å². The van der Waals surface area contributed by atoms with E-state index in [2.05, 4.69) is 15.3 Å². The van der Waals surface area contributed by atoms with Crippen molar-refractivity contribution in [3.05, 3.63) is 52.6 Å². The Labute approximate surface area is 119 Å². The minimum absolute atomic E-state index is 0.254. The van der Waals surface area contributed by atoms with E-state index in [1.54, 1.807) is 11.6 Å². The molecule has 5 nitrogen and oxygen atoms in total. The molecule has 0 unspecified atom stereocenters. The summed E-state index contributed by atoms with van der Waals surface area (Å²) in [6.45, 7) is 0.386. The quantitative estimate of drug-likeness (QED) is 0.772. The Hall–Kier alpha value is -2.47. The first kappa shape index (κ1) is 12.6. The lowest BCUT2D eigenvalue weighted by molar-refractivity contribution is 0.0946. The van der Waals surface area contributed by atoms with Crippen LogP contribution in [0.3, 0.4) is 0 Å². The third kappa shape index (κ3) is 2.46. The van der Waals surface area contributed by atoms with Gasteiger partial charge in [0.05, 0.1) is 17.7 Å². The molecule has 0 bridgehead atoms. The number of nitrogens with one attached hydrogen (secondary N) is 1. The summed E-state index contributed by atoms with van der Waals surface area (Å²) in [4.78, 5) is 20.3. The SMILES string of the molecule is Nc1nc(C(=O)NCc2cscn2)cc2ccccc12. The number of nitrogens with two attached hydrogens (primary N) is 1. The highest BCUT2D eigenvalue weighted by molar-refractivity contribution is 7.07. The summed E-state index contributed by atoms with van der Waals surface area (Å²) < 4.78 is 0. The van der Waals surface area contributed by atoms with Crippen LogP contribution < -0.4 is 11.1 Å². The van der Waals surface area contributed by atoms with E-state index in [1.807, 2.05) is 29.6 Å². The molecular weight excluding hydrogens is 272 g/mol. The van der Waals surface area contributed by atoms with Crippen LogP contribution in [0.4, 0.5) is 5.82 Å². The summed E-state index contributed by atoms with van der Waals surface area (Å²) in [5, 5.41) is 6.42. The van der Waals surface area contributed by atoms with Gasteiger partial charge in [-0.25, -0.2) is 9.97 Å². The van der Waals surface area contributed by atoms with Gasteiger partial charge >= 0.3 is 0 Å². The van der Waals surface area contributed by atoms with Crippen LogP contribution in [-0.2, 0) is 6.54 Å². The molecule has 0 atom stereocenters. The minimum atomic E-state index is -0.254. The molecule has 3 aromatic rings. The fraction of sp³-hybridized carbons (Fsp3) is 0.0714. The summed E-state index contributed by atoms with van der Waals surface area (Å²) in [5.41, 5.74) is 8.76. The third-order valence-corrected chi connectivity index (χ3v) is 3.55. The first-order chi connectivity index (χ1) is 9.74. The highest BCUT2D eigenvalue weighted by atomic mass is 32.1. The Kier molecular flexibility index (Phi) is 3.30. The van der Waals surface area contributed by atoms with Gasteiger partial charge in [-0.1, -0.05) is 24.3 Å². The topological polar surface area (TPSA) is 80.9 Å². The molecule has 0 saturated carbocycles. The highest BCUT2D eigenvalue weighted by Crippen LogP contribution is 2.19. The second-order valence-corrected chi connectivity index (χ2v) is 5.00. The number of nitrogens with zero attached hydrogens (tertiary/aromatic N) is 2. The Morgan fingerprint density at radius 2 is 2.20 bits per heavy atom. The van der Waals surface area contributed by atoms with E-state index in [0.29, 0.717) is 18.1 Å². The molecule has 3 rings (SSSR count). The van der Waals surface area contributed by atoms with Gasteiger partial charge in [0.2, 0.25) is 0 Å². The van der Waals surface area contributed by atoms with Gasteiger partial charge in [0.25, 0.3) is 5.91 Å². The largest absolute Gasteiger partial charge is 0.383 e. The van der Waals surface area contributed by atoms with E-state index in [1.165, 1.54) is 11.3 Å². The van der Waals surface area contributed by atoms with Gasteiger partial charge in [-0.15, -0.1) is 11.3 Å². The number of fused-ring (bicyclic) bond motifs is 1. The number of anilines is 1. The molecule has 0 radical (unpaired) electrons. The molecular formula is C14H12N4OS. The lowest BCUT2D eigenvalue weighted by Crippen LogP contribution is -2.24. The predicted octanol–water partition coefficient (Wildman–Crippen LogP) is 2.20. The number of nitrogen functional groups attached to an aromatic ring is 1. The average molecular weight is 284 g/mol. The van der Waals surface area contributed by atoms with Gasteiger partial charge in [-0.3, -0.25) is 4.79 Å². The number of pyridine rings is 1. The molecule has 100 valence electrons. The second kappa shape index (κ2) is 5.26. The van der Waals surface area contributed by atoms with Crippen molar-refractivity contribution in [3.63, 3.8) is 0 Å². The maximum atomic E-state index is 12.1. The van der Waals surface area contributed by atoms with Crippen molar-refractivity contribution in [2.45, 2.75) is 6.54 Å². The Balaban J connectivity index is 1.84. The van der Waals surface area contributed by atoms with Crippen molar-refractivity contribution in [1.29, 1.82) is 0 Å². The molecule has 0 fully saturated rings. The Bertz CT molecular complexity index is 755. The third-order valence-electron chi connectivity index (χ3n) is 2.92. The van der Waals surface area contributed by atoms with E-state index in [9.17, 15) is 4.79 Å². The fourth-order valence-corrected chi connectivity index (χ4v) is 2.49. The number of carbonyl (C=O) groups excluding carboxylic acids is 1. The first-order valence-electron chi connectivity index (χ1n) is 6.04. The number of carbonyl (C=O) groups is 1. The smallest absolute Gasteiger partial charge is 0.270 e. The number of benzene rings is 1. The molecule has 1 aromatic carbocycles. The van der Waals surface area contributed by atoms with Gasteiger partial charge < -0.3 is 11.1 Å². The van der Waals surface area contributed by atoms with Crippen LogP contribution in [0.25, 0.3) is 10.8 Å². The van der Waals surface area contributed by atoms with E-state index in [4.69, 9.17) is 5.73 Å². The molecule has 6 heteroatoms. The Morgan fingerprint density at radius 1 is 1.35 bits per heavy atom. The van der Waals surface area contributed by atoms with E-state index >= 15 is 0 Å². The van der Waals surface area contributed by atoms with Crippen LogP contribution in [0, 0.1) is 0 Å². The minimum Gasteiger partial charge on any atom is -0.383 e. The zero-order chi connectivity index (χ0) is 13.9. The lowest BCUT2D eigenvalue weighted by Gasteiger charge is -2.06. The van der Waals surface area contributed by atoms with Crippen LogP contribution in [0.2, 0.25) is 0 Å². The lowest BCUT2D eigenvalue weighted by atomic mass is 10.1. The van der Waals surface area contributed by atoms with Gasteiger partial charge in [-0.05, 0) is 11.5 Å².